The van der Waals surface area contributed by atoms with Crippen molar-refractivity contribution in [1.82, 2.24) is 10.2 Å². The third kappa shape index (κ3) is 6.49. The monoisotopic (exact) mass is 438 g/mol. The van der Waals surface area contributed by atoms with Crippen molar-refractivity contribution in [3.63, 3.8) is 0 Å². The first-order valence-electron chi connectivity index (χ1n) is 11.4. The molecule has 0 aliphatic heterocycles. The van der Waals surface area contributed by atoms with Gasteiger partial charge < -0.3 is 19.7 Å². The minimum Gasteiger partial charge on any atom is -0.497 e. The van der Waals surface area contributed by atoms with Crippen LogP contribution in [0.25, 0.3) is 0 Å². The number of methoxy groups -OCH3 is 1. The van der Waals surface area contributed by atoms with E-state index in [2.05, 4.69) is 12.2 Å². The van der Waals surface area contributed by atoms with E-state index in [1.165, 1.54) is 5.56 Å². The van der Waals surface area contributed by atoms with Gasteiger partial charge in [0.15, 0.2) is 6.61 Å². The molecule has 0 heterocycles. The Balaban J connectivity index is 1.69. The summed E-state index contributed by atoms with van der Waals surface area (Å²) in [5, 5.41) is 3.11. The lowest BCUT2D eigenvalue weighted by Gasteiger charge is -2.29. The summed E-state index contributed by atoms with van der Waals surface area (Å²) in [6, 6.07) is 14.9. The summed E-state index contributed by atoms with van der Waals surface area (Å²) >= 11 is 0. The van der Waals surface area contributed by atoms with Crippen molar-refractivity contribution in [2.45, 2.75) is 64.6 Å². The van der Waals surface area contributed by atoms with Crippen molar-refractivity contribution in [2.24, 2.45) is 0 Å². The molecule has 2 aromatic rings. The highest BCUT2D eigenvalue weighted by Gasteiger charge is 2.28. The van der Waals surface area contributed by atoms with E-state index in [0.717, 1.165) is 43.4 Å². The van der Waals surface area contributed by atoms with Crippen LogP contribution in [-0.4, -0.2) is 42.5 Å². The van der Waals surface area contributed by atoms with E-state index < -0.39 is 6.04 Å². The maximum absolute atomic E-state index is 13.1. The summed E-state index contributed by atoms with van der Waals surface area (Å²) in [7, 11) is 1.62. The number of nitrogens with zero attached hydrogens (tertiary/aromatic N) is 1. The molecule has 1 aliphatic rings. The van der Waals surface area contributed by atoms with Gasteiger partial charge in [0.2, 0.25) is 5.91 Å². The molecule has 0 saturated heterocycles. The first-order valence-corrected chi connectivity index (χ1v) is 11.4. The van der Waals surface area contributed by atoms with Crippen LogP contribution in [0, 0.1) is 0 Å². The Kier molecular flexibility index (Phi) is 8.54. The summed E-state index contributed by atoms with van der Waals surface area (Å²) < 4.78 is 11.0. The lowest BCUT2D eigenvalue weighted by Crippen LogP contribution is -2.50. The highest BCUT2D eigenvalue weighted by molar-refractivity contribution is 5.88. The Morgan fingerprint density at radius 3 is 2.19 bits per heavy atom. The number of carbonyl (C=O) groups excluding carboxylic acids is 2. The van der Waals surface area contributed by atoms with Gasteiger partial charge in [-0.1, -0.05) is 44.0 Å². The molecule has 1 saturated carbocycles. The van der Waals surface area contributed by atoms with Gasteiger partial charge in [0.1, 0.15) is 17.5 Å². The van der Waals surface area contributed by atoms with E-state index in [0.29, 0.717) is 12.3 Å². The number of carbonyl (C=O) groups is 2. The molecule has 1 atom stereocenters. The molecule has 1 unspecified atom stereocenters. The van der Waals surface area contributed by atoms with E-state index in [9.17, 15) is 9.59 Å². The van der Waals surface area contributed by atoms with Crippen LogP contribution in [0.5, 0.6) is 11.5 Å². The van der Waals surface area contributed by atoms with Gasteiger partial charge in [0.05, 0.1) is 7.11 Å². The maximum Gasteiger partial charge on any atom is 0.261 e. The highest BCUT2D eigenvalue weighted by atomic mass is 16.5. The van der Waals surface area contributed by atoms with Gasteiger partial charge in [-0.3, -0.25) is 9.59 Å². The van der Waals surface area contributed by atoms with E-state index in [4.69, 9.17) is 9.47 Å². The number of ether oxygens (including phenoxy) is 2. The van der Waals surface area contributed by atoms with E-state index in [1.807, 2.05) is 48.5 Å². The number of hydrogen-bond acceptors (Lipinski definition) is 4. The smallest absolute Gasteiger partial charge is 0.261 e. The quantitative estimate of drug-likeness (QED) is 0.606. The second kappa shape index (κ2) is 11.6. The van der Waals surface area contributed by atoms with Gasteiger partial charge in [-0.15, -0.1) is 0 Å². The molecular formula is C26H34N2O4. The maximum atomic E-state index is 13.1. The molecule has 3 rings (SSSR count). The van der Waals surface area contributed by atoms with Gasteiger partial charge in [-0.25, -0.2) is 0 Å². The summed E-state index contributed by atoms with van der Waals surface area (Å²) in [5.41, 5.74) is 2.13. The third-order valence-electron chi connectivity index (χ3n) is 6.07. The molecule has 2 aromatic carbocycles. The Morgan fingerprint density at radius 2 is 1.59 bits per heavy atom. The fourth-order valence-electron chi connectivity index (χ4n) is 3.95. The zero-order chi connectivity index (χ0) is 22.9. The zero-order valence-corrected chi connectivity index (χ0v) is 19.3. The molecule has 6 heteroatoms. The number of aryl methyl sites for hydroxylation is 1. The minimum absolute atomic E-state index is 0.119. The molecule has 0 aromatic heterocycles. The van der Waals surface area contributed by atoms with Gasteiger partial charge >= 0.3 is 0 Å². The van der Waals surface area contributed by atoms with Gasteiger partial charge in [0.25, 0.3) is 5.91 Å². The van der Waals surface area contributed by atoms with Gasteiger partial charge in [-0.2, -0.15) is 0 Å². The fraction of sp³-hybridized carbons (Fsp3) is 0.462. The van der Waals surface area contributed by atoms with Crippen LogP contribution in [0.1, 0.15) is 50.7 Å². The van der Waals surface area contributed by atoms with Gasteiger partial charge in [0, 0.05) is 12.6 Å². The van der Waals surface area contributed by atoms with Crippen molar-refractivity contribution in [2.75, 3.05) is 13.7 Å². The number of rotatable bonds is 10. The predicted octanol–water partition coefficient (Wildman–Crippen LogP) is 4.11. The second-order valence-electron chi connectivity index (χ2n) is 8.32. The van der Waals surface area contributed by atoms with Crippen LogP contribution in [0.2, 0.25) is 0 Å². The van der Waals surface area contributed by atoms with Crippen LogP contribution in [0.15, 0.2) is 48.5 Å². The molecule has 172 valence electrons. The predicted molar refractivity (Wildman–Crippen MR) is 125 cm³/mol. The Bertz CT molecular complexity index is 874. The van der Waals surface area contributed by atoms with E-state index in [1.54, 1.807) is 18.9 Å². The summed E-state index contributed by atoms with van der Waals surface area (Å²) in [4.78, 5) is 27.7. The van der Waals surface area contributed by atoms with Crippen molar-refractivity contribution in [3.05, 3.63) is 59.7 Å². The first-order chi connectivity index (χ1) is 15.5. The van der Waals surface area contributed by atoms with Crippen LogP contribution < -0.4 is 14.8 Å². The van der Waals surface area contributed by atoms with Crippen LogP contribution in [0.3, 0.4) is 0 Å². The van der Waals surface area contributed by atoms with Crippen LogP contribution in [-0.2, 0) is 22.6 Å². The first kappa shape index (κ1) is 23.6. The number of benzene rings is 2. The lowest BCUT2D eigenvalue weighted by molar-refractivity contribution is -0.142. The van der Waals surface area contributed by atoms with E-state index in [-0.39, 0.29) is 24.5 Å². The molecule has 0 spiro atoms. The summed E-state index contributed by atoms with van der Waals surface area (Å²) in [5.74, 6) is 1.04. The lowest BCUT2D eigenvalue weighted by atomic mass is 10.1. The number of nitrogens with one attached hydrogen (secondary N) is 1. The highest BCUT2D eigenvalue weighted by Crippen LogP contribution is 2.19. The van der Waals surface area contributed by atoms with Crippen LogP contribution in [0.4, 0.5) is 0 Å². The van der Waals surface area contributed by atoms with Crippen molar-refractivity contribution in [1.29, 1.82) is 0 Å². The molecule has 32 heavy (non-hydrogen) atoms. The molecule has 1 aliphatic carbocycles. The zero-order valence-electron chi connectivity index (χ0n) is 19.3. The largest absolute Gasteiger partial charge is 0.497 e. The third-order valence-corrected chi connectivity index (χ3v) is 6.07. The normalized spacial score (nSPS) is 14.6. The summed E-state index contributed by atoms with van der Waals surface area (Å²) in [6.07, 6.45) is 5.23. The topological polar surface area (TPSA) is 67.9 Å². The van der Waals surface area contributed by atoms with Crippen molar-refractivity contribution in [3.8, 4) is 11.5 Å². The molecule has 1 fully saturated rings. The molecule has 1 N–H and O–H groups in total. The van der Waals surface area contributed by atoms with Crippen molar-refractivity contribution >= 4 is 11.8 Å². The molecular weight excluding hydrogens is 404 g/mol. The number of hydrogen-bond donors (Lipinski definition) is 1. The Hall–Kier alpha value is -3.02. The van der Waals surface area contributed by atoms with Gasteiger partial charge in [-0.05, 0) is 61.6 Å². The minimum atomic E-state index is -0.601. The second-order valence-corrected chi connectivity index (χ2v) is 8.32. The average molecular weight is 439 g/mol. The standard InChI is InChI=1S/C26H34N2O4/c1-4-20-9-15-24(16-10-20)32-18-25(29)28(17-21-11-13-23(31-3)14-12-21)19(2)26(30)27-22-7-5-6-8-22/h9-16,19,22H,4-8,17-18H2,1-3H3,(H,27,30). The molecule has 6 nitrogen and oxygen atoms in total. The van der Waals surface area contributed by atoms with Crippen LogP contribution >= 0.6 is 0 Å². The molecule has 0 bridgehead atoms. The summed E-state index contributed by atoms with van der Waals surface area (Å²) in [6.45, 7) is 4.07. The van der Waals surface area contributed by atoms with Crippen molar-refractivity contribution < 1.29 is 19.1 Å². The average Bonchev–Trinajstić information content (AvgIpc) is 3.34. The molecule has 2 amide bonds. The molecule has 0 radical (unpaired) electrons. The fourth-order valence-corrected chi connectivity index (χ4v) is 3.95. The number of amides is 2. The van der Waals surface area contributed by atoms with E-state index >= 15 is 0 Å². The Morgan fingerprint density at radius 1 is 1.00 bits per heavy atom. The SMILES string of the molecule is CCc1ccc(OCC(=O)N(Cc2ccc(OC)cc2)C(C)C(=O)NC2CCCC2)cc1. The Labute approximate surface area is 190 Å².